The molecule has 7 nitrogen and oxygen atoms in total. The Morgan fingerprint density at radius 3 is 2.68 bits per heavy atom. The molecule has 1 saturated heterocycles. The third-order valence-corrected chi connectivity index (χ3v) is 5.48. The van der Waals surface area contributed by atoms with E-state index in [1.165, 1.54) is 0 Å². The Balaban J connectivity index is 1.58. The van der Waals surface area contributed by atoms with Gasteiger partial charge in [0, 0.05) is 43.3 Å². The number of carbonyl (C=O) groups is 2. The molecule has 0 aromatic heterocycles. The molecular weight excluding hydrogens is 396 g/mol. The second kappa shape index (κ2) is 10.4. The summed E-state index contributed by atoms with van der Waals surface area (Å²) in [5.74, 6) is 0.507. The molecule has 0 atom stereocenters. The van der Waals surface area contributed by atoms with E-state index in [2.05, 4.69) is 10.6 Å². The van der Waals surface area contributed by atoms with Gasteiger partial charge >= 0.3 is 0 Å². The van der Waals surface area contributed by atoms with Gasteiger partial charge in [-0.15, -0.1) is 0 Å². The molecule has 1 fully saturated rings. The quantitative estimate of drug-likeness (QED) is 0.773. The van der Waals surface area contributed by atoms with E-state index >= 15 is 0 Å². The minimum absolute atomic E-state index is 0.0921. The second-order valence-electron chi connectivity index (χ2n) is 7.78. The largest absolute Gasteiger partial charge is 0.491 e. The number of rotatable bonds is 2. The van der Waals surface area contributed by atoms with Crippen LogP contribution in [0, 0.1) is 0 Å². The van der Waals surface area contributed by atoms with Crippen molar-refractivity contribution in [3.63, 3.8) is 0 Å². The molecule has 0 radical (unpaired) electrons. The minimum Gasteiger partial charge on any atom is -0.491 e. The van der Waals surface area contributed by atoms with E-state index in [1.807, 2.05) is 30.3 Å². The molecule has 2 aromatic carbocycles. The summed E-state index contributed by atoms with van der Waals surface area (Å²) in [4.78, 5) is 25.2. The highest BCUT2D eigenvalue weighted by Gasteiger charge is 2.18. The van der Waals surface area contributed by atoms with Crippen LogP contribution in [0.3, 0.4) is 0 Å². The van der Waals surface area contributed by atoms with Gasteiger partial charge in [0.05, 0.1) is 13.2 Å². The van der Waals surface area contributed by atoms with Gasteiger partial charge in [0.2, 0.25) is 0 Å². The lowest BCUT2D eigenvalue weighted by Crippen LogP contribution is -2.38. The summed E-state index contributed by atoms with van der Waals surface area (Å²) in [6, 6.07) is 13.2. The molecule has 0 saturated carbocycles. The number of hydrogen-bond donors (Lipinski definition) is 2. The van der Waals surface area contributed by atoms with Gasteiger partial charge in [-0.1, -0.05) is 12.1 Å². The zero-order chi connectivity index (χ0) is 21.5. The van der Waals surface area contributed by atoms with Crippen LogP contribution in [0.2, 0.25) is 0 Å². The molecule has 0 aliphatic carbocycles. The van der Waals surface area contributed by atoms with Crippen molar-refractivity contribution in [2.45, 2.75) is 25.3 Å². The lowest BCUT2D eigenvalue weighted by Gasteiger charge is -2.23. The summed E-state index contributed by atoms with van der Waals surface area (Å²) in [6.45, 7) is 3.04. The normalized spacial score (nSPS) is 18.1. The SMILES string of the molecule is O=C1NCCOCCOc2ccc(C(=O)NC3CCOCC3)cc2Cc2cccc1c2. The number of amides is 2. The number of carbonyl (C=O) groups excluding carboxylic acids is 2. The average Bonchev–Trinajstić information content (AvgIpc) is 2.79. The lowest BCUT2D eigenvalue weighted by atomic mass is 9.99. The molecule has 164 valence electrons. The Labute approximate surface area is 182 Å². The molecule has 2 amide bonds. The summed E-state index contributed by atoms with van der Waals surface area (Å²) in [6.07, 6.45) is 2.21. The fourth-order valence-electron chi connectivity index (χ4n) is 3.80. The fourth-order valence-corrected chi connectivity index (χ4v) is 3.80. The predicted octanol–water partition coefficient (Wildman–Crippen LogP) is 2.33. The van der Waals surface area contributed by atoms with Crippen LogP contribution in [0.4, 0.5) is 0 Å². The van der Waals surface area contributed by atoms with E-state index < -0.39 is 0 Å². The summed E-state index contributed by atoms with van der Waals surface area (Å²) in [5.41, 5.74) is 3.08. The van der Waals surface area contributed by atoms with E-state index in [9.17, 15) is 9.59 Å². The molecule has 0 spiro atoms. The Bertz CT molecular complexity index is 924. The first kappa shape index (κ1) is 21.3. The van der Waals surface area contributed by atoms with Crippen LogP contribution in [0.5, 0.6) is 5.75 Å². The van der Waals surface area contributed by atoms with E-state index in [-0.39, 0.29) is 17.9 Å². The summed E-state index contributed by atoms with van der Waals surface area (Å²) >= 11 is 0. The molecule has 2 bridgehead atoms. The van der Waals surface area contributed by atoms with Crippen molar-refractivity contribution in [3.05, 3.63) is 64.7 Å². The number of benzene rings is 2. The summed E-state index contributed by atoms with van der Waals surface area (Å²) in [5, 5.41) is 5.97. The molecule has 2 aliphatic heterocycles. The van der Waals surface area contributed by atoms with Crippen molar-refractivity contribution in [2.75, 3.05) is 39.6 Å². The first-order valence-electron chi connectivity index (χ1n) is 10.8. The van der Waals surface area contributed by atoms with Gasteiger partial charge in [-0.25, -0.2) is 0 Å². The Morgan fingerprint density at radius 1 is 0.968 bits per heavy atom. The van der Waals surface area contributed by atoms with Crippen molar-refractivity contribution in [2.24, 2.45) is 0 Å². The van der Waals surface area contributed by atoms with Crippen molar-refractivity contribution in [3.8, 4) is 5.75 Å². The zero-order valence-electron chi connectivity index (χ0n) is 17.5. The van der Waals surface area contributed by atoms with Gasteiger partial charge in [0.1, 0.15) is 12.4 Å². The van der Waals surface area contributed by atoms with Gasteiger partial charge < -0.3 is 24.8 Å². The average molecular weight is 424 g/mol. The molecule has 2 aliphatic rings. The van der Waals surface area contributed by atoms with Crippen molar-refractivity contribution in [1.82, 2.24) is 10.6 Å². The van der Waals surface area contributed by atoms with E-state index in [1.54, 1.807) is 12.1 Å². The monoisotopic (exact) mass is 424 g/mol. The maximum absolute atomic E-state index is 12.8. The minimum atomic E-state index is -0.122. The van der Waals surface area contributed by atoms with Crippen LogP contribution in [-0.4, -0.2) is 57.4 Å². The van der Waals surface area contributed by atoms with Crippen LogP contribution in [0.15, 0.2) is 42.5 Å². The number of ether oxygens (including phenoxy) is 3. The Kier molecular flexibility index (Phi) is 7.17. The van der Waals surface area contributed by atoms with Crippen molar-refractivity contribution < 1.29 is 23.8 Å². The maximum atomic E-state index is 12.8. The van der Waals surface area contributed by atoms with Gasteiger partial charge in [-0.05, 0) is 54.3 Å². The number of nitrogens with one attached hydrogen (secondary N) is 2. The van der Waals surface area contributed by atoms with E-state index in [0.29, 0.717) is 57.1 Å². The van der Waals surface area contributed by atoms with Crippen LogP contribution < -0.4 is 15.4 Å². The fraction of sp³-hybridized carbons (Fsp3) is 0.417. The molecular formula is C24H28N2O5. The number of fused-ring (bicyclic) bond motifs is 3. The molecule has 31 heavy (non-hydrogen) atoms. The standard InChI is InChI=1S/C24H28N2O5/c27-23-18-3-1-2-17(14-18)15-20-16-19(24(28)26-21-6-9-29-10-7-21)4-5-22(20)31-13-12-30-11-8-25-23/h1-5,14,16,21H,6-13,15H2,(H,25,27)(H,26,28). The lowest BCUT2D eigenvalue weighted by molar-refractivity contribution is 0.0696. The van der Waals surface area contributed by atoms with Gasteiger partial charge in [0.25, 0.3) is 11.8 Å². The summed E-state index contributed by atoms with van der Waals surface area (Å²) < 4.78 is 16.8. The van der Waals surface area contributed by atoms with Crippen molar-refractivity contribution >= 4 is 11.8 Å². The highest BCUT2D eigenvalue weighted by Crippen LogP contribution is 2.24. The zero-order valence-corrected chi connectivity index (χ0v) is 17.5. The predicted molar refractivity (Wildman–Crippen MR) is 116 cm³/mol. The first-order chi connectivity index (χ1) is 15.2. The van der Waals surface area contributed by atoms with Gasteiger partial charge in [-0.2, -0.15) is 0 Å². The Hall–Kier alpha value is -2.90. The molecule has 2 aromatic rings. The third kappa shape index (κ3) is 5.83. The van der Waals surface area contributed by atoms with Gasteiger partial charge in [-0.3, -0.25) is 9.59 Å². The highest BCUT2D eigenvalue weighted by molar-refractivity contribution is 5.95. The third-order valence-electron chi connectivity index (χ3n) is 5.48. The molecule has 7 heteroatoms. The topological polar surface area (TPSA) is 85.9 Å². The maximum Gasteiger partial charge on any atom is 0.251 e. The van der Waals surface area contributed by atoms with Crippen molar-refractivity contribution in [1.29, 1.82) is 0 Å². The van der Waals surface area contributed by atoms with E-state index in [4.69, 9.17) is 14.2 Å². The first-order valence-corrected chi connectivity index (χ1v) is 10.8. The number of hydrogen-bond acceptors (Lipinski definition) is 5. The van der Waals surface area contributed by atoms with E-state index in [0.717, 1.165) is 29.7 Å². The summed E-state index contributed by atoms with van der Waals surface area (Å²) in [7, 11) is 0. The van der Waals surface area contributed by atoms with Crippen LogP contribution in [-0.2, 0) is 15.9 Å². The molecule has 2 N–H and O–H groups in total. The van der Waals surface area contributed by atoms with Crippen LogP contribution in [0.1, 0.15) is 44.7 Å². The van der Waals surface area contributed by atoms with Crippen LogP contribution in [0.25, 0.3) is 0 Å². The van der Waals surface area contributed by atoms with Crippen LogP contribution >= 0.6 is 0 Å². The smallest absolute Gasteiger partial charge is 0.251 e. The molecule has 2 heterocycles. The Morgan fingerprint density at radius 2 is 1.81 bits per heavy atom. The molecule has 4 rings (SSSR count). The van der Waals surface area contributed by atoms with Gasteiger partial charge in [0.15, 0.2) is 0 Å². The second-order valence-corrected chi connectivity index (χ2v) is 7.78. The highest BCUT2D eigenvalue weighted by atomic mass is 16.5. The molecule has 0 unspecified atom stereocenters.